The van der Waals surface area contributed by atoms with E-state index in [1.54, 1.807) is 12.3 Å². The molecule has 0 spiro atoms. The summed E-state index contributed by atoms with van der Waals surface area (Å²) in [7, 11) is 0. The number of aryl methyl sites for hydroxylation is 1. The Hall–Kier alpha value is -0.900. The summed E-state index contributed by atoms with van der Waals surface area (Å²) in [4.78, 5) is 5.59. The zero-order valence-corrected chi connectivity index (χ0v) is 9.21. The Morgan fingerprint density at radius 1 is 1.53 bits per heavy atom. The maximum atomic E-state index is 12.3. The summed E-state index contributed by atoms with van der Waals surface area (Å²) in [6.07, 6.45) is -0.788. The van der Waals surface area contributed by atoms with Crippen LogP contribution in [0.15, 0.2) is 18.3 Å². The van der Waals surface area contributed by atoms with Gasteiger partial charge in [-0.2, -0.15) is 0 Å². The third-order valence-corrected chi connectivity index (χ3v) is 2.16. The first kappa shape index (κ1) is 12.2. The van der Waals surface area contributed by atoms with Gasteiger partial charge in [-0.3, -0.25) is 0 Å². The summed E-state index contributed by atoms with van der Waals surface area (Å²) in [6, 6.07) is 3.62. The normalized spacial score (nSPS) is 10.7. The van der Waals surface area contributed by atoms with Crippen molar-refractivity contribution in [1.82, 2.24) is 4.98 Å². The van der Waals surface area contributed by atoms with Gasteiger partial charge in [-0.05, 0) is 18.6 Å². The Labute approximate surface area is 92.9 Å². The van der Waals surface area contributed by atoms with Gasteiger partial charge in [-0.1, -0.05) is 6.07 Å². The van der Waals surface area contributed by atoms with Crippen LogP contribution in [0.5, 0.6) is 0 Å². The molecule has 0 atom stereocenters. The Morgan fingerprint density at radius 2 is 2.27 bits per heavy atom. The van der Waals surface area contributed by atoms with Gasteiger partial charge in [0, 0.05) is 18.6 Å². The second kappa shape index (κ2) is 5.85. The molecular formula is C10H13ClF2N2. The van der Waals surface area contributed by atoms with Crippen molar-refractivity contribution in [2.75, 3.05) is 23.9 Å². The van der Waals surface area contributed by atoms with Gasteiger partial charge < -0.3 is 4.90 Å². The first-order chi connectivity index (χ1) is 7.15. The number of hydrogen-bond acceptors (Lipinski definition) is 2. The molecule has 0 saturated carbocycles. The minimum Gasteiger partial charge on any atom is -0.349 e. The predicted octanol–water partition coefficient (Wildman–Crippen LogP) is 2.70. The number of hydrogen-bond donors (Lipinski definition) is 0. The van der Waals surface area contributed by atoms with Crippen molar-refractivity contribution in [1.29, 1.82) is 0 Å². The zero-order chi connectivity index (χ0) is 11.3. The van der Waals surface area contributed by atoms with Gasteiger partial charge in [0.15, 0.2) is 0 Å². The predicted molar refractivity (Wildman–Crippen MR) is 57.9 cm³/mol. The molecule has 0 N–H and O–H groups in total. The Morgan fingerprint density at radius 3 is 2.80 bits per heavy atom. The molecule has 1 rings (SSSR count). The minimum absolute atomic E-state index is 0.308. The maximum absolute atomic E-state index is 12.3. The molecule has 0 fully saturated rings. The largest absolute Gasteiger partial charge is 0.349 e. The molecule has 0 bridgehead atoms. The molecule has 0 radical (unpaired) electrons. The number of alkyl halides is 3. The molecule has 0 aliphatic carbocycles. The van der Waals surface area contributed by atoms with Gasteiger partial charge in [0.2, 0.25) is 0 Å². The molecule has 0 aliphatic heterocycles. The lowest BCUT2D eigenvalue weighted by Gasteiger charge is -2.23. The molecule has 0 aromatic carbocycles. The molecular weight excluding hydrogens is 222 g/mol. The highest BCUT2D eigenvalue weighted by molar-refractivity contribution is 6.18. The average Bonchev–Trinajstić information content (AvgIpc) is 2.17. The highest BCUT2D eigenvalue weighted by Crippen LogP contribution is 2.16. The van der Waals surface area contributed by atoms with Gasteiger partial charge in [0.25, 0.3) is 6.43 Å². The minimum atomic E-state index is -2.38. The van der Waals surface area contributed by atoms with E-state index in [1.807, 2.05) is 13.0 Å². The van der Waals surface area contributed by atoms with Crippen LogP contribution in [0.4, 0.5) is 14.6 Å². The van der Waals surface area contributed by atoms with Crippen LogP contribution < -0.4 is 4.90 Å². The molecule has 2 nitrogen and oxygen atoms in total. The second-order valence-electron chi connectivity index (χ2n) is 3.17. The van der Waals surface area contributed by atoms with E-state index in [9.17, 15) is 8.78 Å². The summed E-state index contributed by atoms with van der Waals surface area (Å²) in [5.41, 5.74) is 0.878. The molecule has 5 heteroatoms. The van der Waals surface area contributed by atoms with Crippen molar-refractivity contribution in [2.24, 2.45) is 0 Å². The third-order valence-electron chi connectivity index (χ3n) is 1.99. The van der Waals surface area contributed by atoms with Crippen LogP contribution in [-0.2, 0) is 0 Å². The monoisotopic (exact) mass is 234 g/mol. The van der Waals surface area contributed by atoms with Crippen molar-refractivity contribution in [3.8, 4) is 0 Å². The molecule has 1 heterocycles. The highest BCUT2D eigenvalue weighted by Gasteiger charge is 2.14. The first-order valence-corrected chi connectivity index (χ1v) is 5.19. The average molecular weight is 235 g/mol. The summed E-state index contributed by atoms with van der Waals surface area (Å²) in [5, 5.41) is 0. The topological polar surface area (TPSA) is 16.1 Å². The summed E-state index contributed by atoms with van der Waals surface area (Å²) < 4.78 is 24.6. The third kappa shape index (κ3) is 3.63. The number of rotatable bonds is 5. The molecule has 0 unspecified atom stereocenters. The van der Waals surface area contributed by atoms with Gasteiger partial charge in [0.05, 0.1) is 6.54 Å². The standard InChI is InChI=1S/C10H13ClF2N2/c1-8-3-2-5-14-10(8)15(6-4-11)7-9(12)13/h2-3,5,9H,4,6-7H2,1H3. The number of aromatic nitrogens is 1. The molecule has 1 aromatic heterocycles. The maximum Gasteiger partial charge on any atom is 0.255 e. The van der Waals surface area contributed by atoms with Crippen molar-refractivity contribution in [2.45, 2.75) is 13.3 Å². The van der Waals surface area contributed by atoms with Crippen LogP contribution in [0.2, 0.25) is 0 Å². The lowest BCUT2D eigenvalue weighted by molar-refractivity contribution is 0.155. The van der Waals surface area contributed by atoms with Crippen LogP contribution in [0.3, 0.4) is 0 Å². The van der Waals surface area contributed by atoms with Gasteiger partial charge in [0.1, 0.15) is 5.82 Å². The molecule has 1 aromatic rings. The van der Waals surface area contributed by atoms with Crippen molar-refractivity contribution in [3.05, 3.63) is 23.9 Å². The van der Waals surface area contributed by atoms with E-state index in [1.165, 1.54) is 4.90 Å². The van der Waals surface area contributed by atoms with E-state index < -0.39 is 6.43 Å². The van der Waals surface area contributed by atoms with E-state index in [4.69, 9.17) is 11.6 Å². The fourth-order valence-electron chi connectivity index (χ4n) is 1.36. The van der Waals surface area contributed by atoms with E-state index in [0.717, 1.165) is 5.56 Å². The number of pyridine rings is 1. The molecule has 0 aliphatic rings. The summed E-state index contributed by atoms with van der Waals surface area (Å²) in [6.45, 7) is 1.89. The first-order valence-electron chi connectivity index (χ1n) is 4.66. The number of nitrogens with zero attached hydrogens (tertiary/aromatic N) is 2. The number of anilines is 1. The zero-order valence-electron chi connectivity index (χ0n) is 8.46. The quantitative estimate of drug-likeness (QED) is 0.729. The van der Waals surface area contributed by atoms with E-state index in [0.29, 0.717) is 18.2 Å². The number of halogens is 3. The molecule has 0 amide bonds. The highest BCUT2D eigenvalue weighted by atomic mass is 35.5. The SMILES string of the molecule is Cc1cccnc1N(CCCl)CC(F)F. The van der Waals surface area contributed by atoms with Gasteiger partial charge in [-0.15, -0.1) is 11.6 Å². The van der Waals surface area contributed by atoms with Crippen molar-refractivity contribution >= 4 is 17.4 Å². The van der Waals surface area contributed by atoms with Crippen molar-refractivity contribution < 1.29 is 8.78 Å². The molecule has 15 heavy (non-hydrogen) atoms. The summed E-state index contributed by atoms with van der Waals surface area (Å²) >= 11 is 5.57. The van der Waals surface area contributed by atoms with Gasteiger partial charge in [-0.25, -0.2) is 13.8 Å². The summed E-state index contributed by atoms with van der Waals surface area (Å²) in [5.74, 6) is 0.890. The Balaban J connectivity index is 2.83. The fraction of sp³-hybridized carbons (Fsp3) is 0.500. The lowest BCUT2D eigenvalue weighted by Crippen LogP contribution is -2.32. The van der Waals surface area contributed by atoms with Crippen LogP contribution in [0.25, 0.3) is 0 Å². The Bertz CT molecular complexity index is 307. The van der Waals surface area contributed by atoms with E-state index in [2.05, 4.69) is 4.98 Å². The van der Waals surface area contributed by atoms with Crippen molar-refractivity contribution in [3.63, 3.8) is 0 Å². The molecule has 0 saturated heterocycles. The van der Waals surface area contributed by atoms with Crippen LogP contribution in [0.1, 0.15) is 5.56 Å². The van der Waals surface area contributed by atoms with Gasteiger partial charge >= 0.3 is 0 Å². The smallest absolute Gasteiger partial charge is 0.255 e. The van der Waals surface area contributed by atoms with Crippen LogP contribution in [0, 0.1) is 6.92 Å². The molecule has 84 valence electrons. The lowest BCUT2D eigenvalue weighted by atomic mass is 10.2. The fourth-order valence-corrected chi connectivity index (χ4v) is 1.56. The van der Waals surface area contributed by atoms with Crippen LogP contribution in [-0.4, -0.2) is 30.4 Å². The van der Waals surface area contributed by atoms with E-state index >= 15 is 0 Å². The van der Waals surface area contributed by atoms with Crippen LogP contribution >= 0.6 is 11.6 Å². The Kier molecular flexibility index (Phi) is 4.75. The second-order valence-corrected chi connectivity index (χ2v) is 3.55. The van der Waals surface area contributed by atoms with E-state index in [-0.39, 0.29) is 6.54 Å².